The number of nitrogens with zero attached hydrogens (tertiary/aromatic N) is 2. The van der Waals surface area contributed by atoms with E-state index in [1.807, 2.05) is 0 Å². The molecule has 0 aliphatic carbocycles. The van der Waals surface area contributed by atoms with Crippen LogP contribution in [0.15, 0.2) is 23.2 Å². The van der Waals surface area contributed by atoms with Crippen LogP contribution in [0.25, 0.3) is 0 Å². The molecule has 0 aliphatic heterocycles. The Morgan fingerprint density at radius 3 is 2.64 bits per heavy atom. The molecular formula is C8H10N4O2. The Kier molecular flexibility index (Phi) is 2.66. The quantitative estimate of drug-likeness (QED) is 0.314. The van der Waals surface area contributed by atoms with Crippen molar-refractivity contribution < 1.29 is 4.92 Å². The average molecular weight is 194 g/mol. The van der Waals surface area contributed by atoms with E-state index < -0.39 is 4.92 Å². The third-order valence-electron chi connectivity index (χ3n) is 1.65. The van der Waals surface area contributed by atoms with Crippen molar-refractivity contribution in [3.05, 3.63) is 33.9 Å². The van der Waals surface area contributed by atoms with Crippen LogP contribution in [0.1, 0.15) is 5.56 Å². The Labute approximate surface area is 80.4 Å². The largest absolute Gasteiger partial charge is 0.370 e. The summed E-state index contributed by atoms with van der Waals surface area (Å²) < 4.78 is 0. The average Bonchev–Trinajstić information content (AvgIpc) is 2.07. The van der Waals surface area contributed by atoms with Crippen LogP contribution in [-0.4, -0.2) is 10.9 Å². The highest BCUT2D eigenvalue weighted by Crippen LogP contribution is 2.30. The van der Waals surface area contributed by atoms with Gasteiger partial charge in [0, 0.05) is 6.07 Å². The third kappa shape index (κ3) is 1.98. The number of nitro groups is 1. The highest BCUT2D eigenvalue weighted by molar-refractivity contribution is 5.81. The molecule has 0 aliphatic rings. The lowest BCUT2D eigenvalue weighted by Gasteiger charge is -2.01. The molecule has 0 saturated heterocycles. The minimum absolute atomic E-state index is 0.0987. The summed E-state index contributed by atoms with van der Waals surface area (Å²) in [6.07, 6.45) is 0. The van der Waals surface area contributed by atoms with Gasteiger partial charge in [-0.15, -0.1) is 0 Å². The molecule has 0 bridgehead atoms. The van der Waals surface area contributed by atoms with E-state index in [1.54, 1.807) is 19.1 Å². The van der Waals surface area contributed by atoms with Gasteiger partial charge in [0.05, 0.1) is 4.92 Å². The van der Waals surface area contributed by atoms with Gasteiger partial charge in [0.2, 0.25) is 0 Å². The summed E-state index contributed by atoms with van der Waals surface area (Å²) in [7, 11) is 0. The first-order valence-corrected chi connectivity index (χ1v) is 3.86. The molecule has 0 atom stereocenters. The molecule has 0 saturated carbocycles. The minimum Gasteiger partial charge on any atom is -0.370 e. The van der Waals surface area contributed by atoms with Crippen LogP contribution in [0.3, 0.4) is 0 Å². The number of aryl methyl sites for hydroxylation is 1. The van der Waals surface area contributed by atoms with E-state index in [2.05, 4.69) is 4.99 Å². The molecule has 74 valence electrons. The Morgan fingerprint density at radius 2 is 2.14 bits per heavy atom. The smallest absolute Gasteiger partial charge is 0.295 e. The number of benzene rings is 1. The van der Waals surface area contributed by atoms with Crippen molar-refractivity contribution in [3.8, 4) is 0 Å². The number of rotatable bonds is 2. The summed E-state index contributed by atoms with van der Waals surface area (Å²) in [5, 5.41) is 10.6. The minimum atomic E-state index is -0.519. The second-order valence-electron chi connectivity index (χ2n) is 2.74. The molecular weight excluding hydrogens is 184 g/mol. The number of hydrogen-bond acceptors (Lipinski definition) is 3. The molecule has 0 fully saturated rings. The molecule has 6 nitrogen and oxygen atoms in total. The van der Waals surface area contributed by atoms with Crippen molar-refractivity contribution in [2.24, 2.45) is 16.5 Å². The van der Waals surface area contributed by atoms with Gasteiger partial charge in [-0.3, -0.25) is 10.1 Å². The summed E-state index contributed by atoms with van der Waals surface area (Å²) in [6, 6.07) is 4.64. The fourth-order valence-corrected chi connectivity index (χ4v) is 1.07. The van der Waals surface area contributed by atoms with Crippen LogP contribution in [0.2, 0.25) is 0 Å². The lowest BCUT2D eigenvalue weighted by molar-refractivity contribution is -0.384. The second-order valence-corrected chi connectivity index (χ2v) is 2.74. The molecule has 1 rings (SSSR count). The van der Waals surface area contributed by atoms with E-state index in [1.165, 1.54) is 6.07 Å². The van der Waals surface area contributed by atoms with E-state index in [9.17, 15) is 10.1 Å². The molecule has 0 heterocycles. The van der Waals surface area contributed by atoms with Gasteiger partial charge in [0.25, 0.3) is 5.69 Å². The molecule has 0 radical (unpaired) electrons. The molecule has 0 unspecified atom stereocenters. The number of aliphatic imine (C=N–C) groups is 1. The van der Waals surface area contributed by atoms with E-state index in [4.69, 9.17) is 11.5 Å². The fourth-order valence-electron chi connectivity index (χ4n) is 1.07. The number of hydrogen-bond donors (Lipinski definition) is 2. The van der Waals surface area contributed by atoms with Gasteiger partial charge < -0.3 is 11.5 Å². The maximum Gasteiger partial charge on any atom is 0.295 e. The highest BCUT2D eigenvalue weighted by atomic mass is 16.6. The van der Waals surface area contributed by atoms with Crippen molar-refractivity contribution in [1.82, 2.24) is 0 Å². The van der Waals surface area contributed by atoms with Crippen LogP contribution < -0.4 is 11.5 Å². The van der Waals surface area contributed by atoms with Crippen molar-refractivity contribution in [2.75, 3.05) is 0 Å². The van der Waals surface area contributed by atoms with Crippen molar-refractivity contribution >= 4 is 17.3 Å². The standard InChI is InChI=1S/C8H10N4O2/c1-5-3-2-4-6(12(13)14)7(5)11-8(9)10/h2-4H,1H3,(H4,9,10,11). The van der Waals surface area contributed by atoms with E-state index >= 15 is 0 Å². The van der Waals surface area contributed by atoms with Crippen LogP contribution in [0.4, 0.5) is 11.4 Å². The predicted molar refractivity (Wildman–Crippen MR) is 53.3 cm³/mol. The van der Waals surface area contributed by atoms with Gasteiger partial charge >= 0.3 is 0 Å². The molecule has 1 aromatic carbocycles. The zero-order valence-corrected chi connectivity index (χ0v) is 7.60. The van der Waals surface area contributed by atoms with Crippen molar-refractivity contribution in [1.29, 1.82) is 0 Å². The molecule has 0 amide bonds. The first-order valence-electron chi connectivity index (χ1n) is 3.86. The second kappa shape index (κ2) is 3.73. The van der Waals surface area contributed by atoms with Crippen LogP contribution in [0.5, 0.6) is 0 Å². The molecule has 4 N–H and O–H groups in total. The molecule has 1 aromatic rings. The third-order valence-corrected chi connectivity index (χ3v) is 1.65. The summed E-state index contributed by atoms with van der Waals surface area (Å²) in [4.78, 5) is 13.8. The number of guanidine groups is 1. The van der Waals surface area contributed by atoms with E-state index in [0.717, 1.165) is 0 Å². The summed E-state index contributed by atoms with van der Waals surface area (Å²) in [6.45, 7) is 1.70. The Balaban J connectivity index is 3.37. The van der Waals surface area contributed by atoms with Crippen LogP contribution in [0, 0.1) is 17.0 Å². The summed E-state index contributed by atoms with van der Waals surface area (Å²) >= 11 is 0. The first kappa shape index (κ1) is 9.97. The van der Waals surface area contributed by atoms with Crippen LogP contribution >= 0.6 is 0 Å². The SMILES string of the molecule is Cc1cccc([N+](=O)[O-])c1N=C(N)N. The lowest BCUT2D eigenvalue weighted by Crippen LogP contribution is -2.22. The maximum absolute atomic E-state index is 10.6. The van der Waals surface area contributed by atoms with Crippen molar-refractivity contribution in [3.63, 3.8) is 0 Å². The monoisotopic (exact) mass is 194 g/mol. The molecule has 14 heavy (non-hydrogen) atoms. The number of nitro benzene ring substituents is 1. The van der Waals surface area contributed by atoms with Gasteiger partial charge in [0.15, 0.2) is 5.96 Å². The molecule has 0 spiro atoms. The van der Waals surface area contributed by atoms with Gasteiger partial charge in [-0.25, -0.2) is 4.99 Å². The Bertz CT molecular complexity index is 396. The Hall–Kier alpha value is -2.11. The fraction of sp³-hybridized carbons (Fsp3) is 0.125. The summed E-state index contributed by atoms with van der Waals surface area (Å²) in [5.74, 6) is -0.192. The van der Waals surface area contributed by atoms with E-state index in [-0.39, 0.29) is 17.3 Å². The van der Waals surface area contributed by atoms with Gasteiger partial charge in [-0.2, -0.15) is 0 Å². The van der Waals surface area contributed by atoms with Gasteiger partial charge in [-0.05, 0) is 12.5 Å². The van der Waals surface area contributed by atoms with Gasteiger partial charge in [-0.1, -0.05) is 12.1 Å². The molecule has 0 aromatic heterocycles. The topological polar surface area (TPSA) is 108 Å². The number of para-hydroxylation sites is 1. The maximum atomic E-state index is 10.6. The normalized spacial score (nSPS) is 9.50. The van der Waals surface area contributed by atoms with Gasteiger partial charge in [0.1, 0.15) is 5.69 Å². The highest BCUT2D eigenvalue weighted by Gasteiger charge is 2.14. The first-order chi connectivity index (χ1) is 6.52. The zero-order valence-electron chi connectivity index (χ0n) is 7.60. The zero-order chi connectivity index (χ0) is 10.7. The summed E-state index contributed by atoms with van der Waals surface area (Å²) in [5.41, 5.74) is 11.1. The lowest BCUT2D eigenvalue weighted by atomic mass is 10.2. The van der Waals surface area contributed by atoms with Crippen molar-refractivity contribution in [2.45, 2.75) is 6.92 Å². The number of nitrogens with two attached hydrogens (primary N) is 2. The Morgan fingerprint density at radius 1 is 1.50 bits per heavy atom. The molecule has 6 heteroatoms. The van der Waals surface area contributed by atoms with E-state index in [0.29, 0.717) is 5.56 Å². The predicted octanol–water partition coefficient (Wildman–Crippen LogP) is 0.808. The van der Waals surface area contributed by atoms with Crippen LogP contribution in [-0.2, 0) is 0 Å².